The molecule has 3 aromatic rings. The van der Waals surface area contributed by atoms with Gasteiger partial charge in [0.15, 0.2) is 0 Å². The average molecular weight is 375 g/mol. The summed E-state index contributed by atoms with van der Waals surface area (Å²) < 4.78 is 5.19. The van der Waals surface area contributed by atoms with Gasteiger partial charge in [0.2, 0.25) is 0 Å². The van der Waals surface area contributed by atoms with Crippen LogP contribution in [0.15, 0.2) is 53.9 Å². The van der Waals surface area contributed by atoms with Crippen molar-refractivity contribution in [1.29, 1.82) is 0 Å². The van der Waals surface area contributed by atoms with Gasteiger partial charge >= 0.3 is 0 Å². The van der Waals surface area contributed by atoms with Crippen molar-refractivity contribution in [3.63, 3.8) is 0 Å². The van der Waals surface area contributed by atoms with Crippen molar-refractivity contribution in [2.75, 3.05) is 24.9 Å². The number of thiazole rings is 1. The fourth-order valence-corrected chi connectivity index (χ4v) is 3.29. The molecule has 1 atom stereocenters. The van der Waals surface area contributed by atoms with E-state index in [1.807, 2.05) is 48.5 Å². The zero-order chi connectivity index (χ0) is 17.6. The summed E-state index contributed by atoms with van der Waals surface area (Å²) in [4.78, 5) is 4.74. The van der Waals surface area contributed by atoms with Crippen molar-refractivity contribution in [2.45, 2.75) is 6.10 Å². The minimum absolute atomic E-state index is 0.213. The molecule has 0 bridgehead atoms. The van der Waals surface area contributed by atoms with Crippen molar-refractivity contribution in [1.82, 2.24) is 4.98 Å². The number of hydrogen-bond donors (Lipinski definition) is 2. The number of benzene rings is 2. The summed E-state index contributed by atoms with van der Waals surface area (Å²) in [6.45, 7) is 0.419. The first-order valence-electron chi connectivity index (χ1n) is 7.88. The molecule has 0 saturated heterocycles. The highest BCUT2D eigenvalue weighted by molar-refractivity contribution is 7.13. The second-order valence-electron chi connectivity index (χ2n) is 5.54. The van der Waals surface area contributed by atoms with Crippen molar-refractivity contribution in [3.8, 4) is 27.6 Å². The molecule has 0 saturated carbocycles. The monoisotopic (exact) mass is 374 g/mol. The molecular weight excluding hydrogens is 356 g/mol. The molecule has 0 aliphatic carbocycles. The van der Waals surface area contributed by atoms with Crippen LogP contribution >= 0.6 is 22.9 Å². The lowest BCUT2D eigenvalue weighted by molar-refractivity contribution is 0.211. The van der Waals surface area contributed by atoms with Crippen LogP contribution in [0.3, 0.4) is 0 Å². The van der Waals surface area contributed by atoms with E-state index in [1.54, 1.807) is 18.4 Å². The molecular formula is C19H19ClN2O2S. The van der Waals surface area contributed by atoms with E-state index in [9.17, 15) is 5.11 Å². The fourth-order valence-electron chi connectivity index (χ4n) is 2.35. The Morgan fingerprint density at radius 2 is 2.00 bits per heavy atom. The molecule has 1 aromatic heterocycles. The summed E-state index contributed by atoms with van der Waals surface area (Å²) in [5.41, 5.74) is 3.97. The number of aromatic nitrogens is 1. The lowest BCUT2D eigenvalue weighted by Gasteiger charge is -2.10. The fraction of sp³-hybridized carbons (Fsp3) is 0.211. The summed E-state index contributed by atoms with van der Waals surface area (Å²) >= 11 is 7.22. The minimum Gasteiger partial charge on any atom is -0.497 e. The van der Waals surface area contributed by atoms with E-state index in [4.69, 9.17) is 21.3 Å². The maximum Gasteiger partial charge on any atom is 0.124 e. The molecule has 0 fully saturated rings. The van der Waals surface area contributed by atoms with E-state index in [-0.39, 0.29) is 5.88 Å². The summed E-state index contributed by atoms with van der Waals surface area (Å²) in [7, 11) is 1.66. The van der Waals surface area contributed by atoms with Gasteiger partial charge in [-0.25, -0.2) is 4.98 Å². The highest BCUT2D eigenvalue weighted by atomic mass is 35.5. The normalized spacial score (nSPS) is 12.0. The van der Waals surface area contributed by atoms with Crippen LogP contribution in [0.5, 0.6) is 5.75 Å². The van der Waals surface area contributed by atoms with Gasteiger partial charge in [-0.1, -0.05) is 12.1 Å². The summed E-state index contributed by atoms with van der Waals surface area (Å²) in [5.74, 6) is 1.04. The van der Waals surface area contributed by atoms with E-state index in [0.29, 0.717) is 6.54 Å². The Morgan fingerprint density at radius 1 is 1.20 bits per heavy atom. The molecule has 6 heteroatoms. The lowest BCUT2D eigenvalue weighted by Crippen LogP contribution is -2.20. The number of ether oxygens (including phenoxy) is 1. The first-order chi connectivity index (χ1) is 12.2. The standard InChI is InChI=1S/C19H19ClN2O2S/c1-24-17-7-5-13(6-8-17)18-12-25-19(22-18)14-3-2-4-15(9-14)21-11-16(23)10-20/h2-9,12,16,21,23H,10-11H2,1H3. The van der Waals surface area contributed by atoms with Crippen molar-refractivity contribution < 1.29 is 9.84 Å². The molecule has 0 aliphatic rings. The second kappa shape index (κ2) is 8.34. The third-order valence-corrected chi connectivity index (χ3v) is 4.97. The Bertz CT molecular complexity index is 820. The molecule has 2 aromatic carbocycles. The van der Waals surface area contributed by atoms with Crippen LogP contribution in [-0.2, 0) is 0 Å². The quantitative estimate of drug-likeness (QED) is 0.598. The van der Waals surface area contributed by atoms with Gasteiger partial charge in [-0.05, 0) is 36.4 Å². The third-order valence-electron chi connectivity index (χ3n) is 3.72. The third kappa shape index (κ3) is 4.51. The first kappa shape index (κ1) is 17.7. The van der Waals surface area contributed by atoms with E-state index in [0.717, 1.165) is 33.3 Å². The van der Waals surface area contributed by atoms with Gasteiger partial charge in [0.1, 0.15) is 10.8 Å². The van der Waals surface area contributed by atoms with Gasteiger partial charge in [-0.2, -0.15) is 0 Å². The summed E-state index contributed by atoms with van der Waals surface area (Å²) in [6.07, 6.45) is -0.563. The molecule has 0 radical (unpaired) electrons. The predicted molar refractivity (Wildman–Crippen MR) is 105 cm³/mol. The number of nitrogens with zero attached hydrogens (tertiary/aromatic N) is 1. The minimum atomic E-state index is -0.563. The van der Waals surface area contributed by atoms with Crippen LogP contribution in [0.4, 0.5) is 5.69 Å². The van der Waals surface area contributed by atoms with Crippen molar-refractivity contribution >= 4 is 28.6 Å². The van der Waals surface area contributed by atoms with Gasteiger partial charge in [-0.15, -0.1) is 22.9 Å². The van der Waals surface area contributed by atoms with Gasteiger partial charge in [-0.3, -0.25) is 0 Å². The van der Waals surface area contributed by atoms with E-state index in [2.05, 4.69) is 10.7 Å². The number of halogens is 1. The van der Waals surface area contributed by atoms with Crippen LogP contribution in [-0.4, -0.2) is 35.7 Å². The Morgan fingerprint density at radius 3 is 2.72 bits per heavy atom. The number of rotatable bonds is 7. The lowest BCUT2D eigenvalue weighted by atomic mass is 10.1. The van der Waals surface area contributed by atoms with Crippen molar-refractivity contribution in [3.05, 3.63) is 53.9 Å². The van der Waals surface area contributed by atoms with Crippen LogP contribution in [0.1, 0.15) is 0 Å². The predicted octanol–water partition coefficient (Wildman–Crippen LogP) is 4.50. The molecule has 3 rings (SSSR count). The SMILES string of the molecule is COc1ccc(-c2csc(-c3cccc(NCC(O)CCl)c3)n2)cc1. The number of hydrogen-bond acceptors (Lipinski definition) is 5. The number of methoxy groups -OCH3 is 1. The molecule has 2 N–H and O–H groups in total. The molecule has 0 amide bonds. The zero-order valence-corrected chi connectivity index (χ0v) is 15.3. The zero-order valence-electron chi connectivity index (χ0n) is 13.8. The Kier molecular flexibility index (Phi) is 5.91. The number of nitrogens with one attached hydrogen (secondary N) is 1. The topological polar surface area (TPSA) is 54.4 Å². The van der Waals surface area contributed by atoms with E-state index in [1.165, 1.54) is 0 Å². The number of aliphatic hydroxyl groups excluding tert-OH is 1. The summed E-state index contributed by atoms with van der Waals surface area (Å²) in [6, 6.07) is 15.9. The molecule has 1 unspecified atom stereocenters. The van der Waals surface area contributed by atoms with Gasteiger partial charge < -0.3 is 15.2 Å². The van der Waals surface area contributed by atoms with Crippen molar-refractivity contribution in [2.24, 2.45) is 0 Å². The smallest absolute Gasteiger partial charge is 0.124 e. The first-order valence-corrected chi connectivity index (χ1v) is 9.29. The maximum absolute atomic E-state index is 9.56. The molecule has 130 valence electrons. The highest BCUT2D eigenvalue weighted by Crippen LogP contribution is 2.30. The number of alkyl halides is 1. The Balaban J connectivity index is 1.77. The Hall–Kier alpha value is -2.08. The molecule has 0 aliphatic heterocycles. The van der Waals surface area contributed by atoms with E-state index >= 15 is 0 Å². The van der Waals surface area contributed by atoms with Gasteiger partial charge in [0.25, 0.3) is 0 Å². The summed E-state index contributed by atoms with van der Waals surface area (Å²) in [5, 5.41) is 15.7. The average Bonchev–Trinajstić information content (AvgIpc) is 3.16. The highest BCUT2D eigenvalue weighted by Gasteiger charge is 2.08. The molecule has 0 spiro atoms. The van der Waals surface area contributed by atoms with Crippen LogP contribution in [0, 0.1) is 0 Å². The largest absolute Gasteiger partial charge is 0.497 e. The molecule has 25 heavy (non-hydrogen) atoms. The van der Waals surface area contributed by atoms with Crippen LogP contribution in [0.2, 0.25) is 0 Å². The number of anilines is 1. The van der Waals surface area contributed by atoms with E-state index < -0.39 is 6.10 Å². The number of aliphatic hydroxyl groups is 1. The van der Waals surface area contributed by atoms with Crippen LogP contribution < -0.4 is 10.1 Å². The molecule has 4 nitrogen and oxygen atoms in total. The van der Waals surface area contributed by atoms with Gasteiger partial charge in [0, 0.05) is 28.7 Å². The second-order valence-corrected chi connectivity index (χ2v) is 6.70. The van der Waals surface area contributed by atoms with Crippen LogP contribution in [0.25, 0.3) is 21.8 Å². The van der Waals surface area contributed by atoms with Gasteiger partial charge in [0.05, 0.1) is 24.8 Å². The Labute approximate surface area is 156 Å². The maximum atomic E-state index is 9.56. The molecule has 1 heterocycles.